The van der Waals surface area contributed by atoms with E-state index in [0.29, 0.717) is 6.04 Å². The summed E-state index contributed by atoms with van der Waals surface area (Å²) in [6.07, 6.45) is 3.56. The van der Waals surface area contributed by atoms with Crippen LogP contribution in [0.15, 0.2) is 10.4 Å². The van der Waals surface area contributed by atoms with E-state index in [4.69, 9.17) is 9.72 Å². The van der Waals surface area contributed by atoms with Gasteiger partial charge in [-0.1, -0.05) is 20.8 Å². The van der Waals surface area contributed by atoms with E-state index in [1.165, 1.54) is 25.8 Å². The summed E-state index contributed by atoms with van der Waals surface area (Å²) in [5.74, 6) is 1.62. The number of hydrogen-bond donors (Lipinski definition) is 2. The van der Waals surface area contributed by atoms with E-state index in [-0.39, 0.29) is 5.41 Å². The van der Waals surface area contributed by atoms with Crippen molar-refractivity contribution in [2.45, 2.75) is 58.0 Å². The molecule has 1 atom stereocenters. The molecule has 27 heavy (non-hydrogen) atoms. The van der Waals surface area contributed by atoms with Crippen LogP contribution in [0.2, 0.25) is 0 Å². The van der Waals surface area contributed by atoms with Gasteiger partial charge in [0.25, 0.3) is 0 Å². The first-order valence-corrected chi connectivity index (χ1v) is 11.0. The van der Waals surface area contributed by atoms with Gasteiger partial charge < -0.3 is 20.3 Å². The van der Waals surface area contributed by atoms with Gasteiger partial charge in [-0.3, -0.25) is 4.99 Å². The second kappa shape index (κ2) is 9.34. The van der Waals surface area contributed by atoms with Gasteiger partial charge in [-0.2, -0.15) is 0 Å². The van der Waals surface area contributed by atoms with Crippen LogP contribution in [0.1, 0.15) is 50.7 Å². The summed E-state index contributed by atoms with van der Waals surface area (Å²) in [7, 11) is 1.84. The Morgan fingerprint density at radius 3 is 2.70 bits per heavy atom. The molecule has 3 heterocycles. The number of rotatable bonds is 5. The maximum atomic E-state index is 5.50. The molecule has 0 aromatic carbocycles. The Hall–Kier alpha value is -1.18. The summed E-state index contributed by atoms with van der Waals surface area (Å²) in [6, 6.07) is 0.494. The van der Waals surface area contributed by atoms with Gasteiger partial charge in [-0.05, 0) is 25.2 Å². The van der Waals surface area contributed by atoms with Gasteiger partial charge in [0.15, 0.2) is 5.96 Å². The smallest absolute Gasteiger partial charge is 0.191 e. The maximum absolute atomic E-state index is 5.50. The Bertz CT molecular complexity index is 610. The number of aliphatic imine (C=N–C) groups is 1. The van der Waals surface area contributed by atoms with Crippen LogP contribution in [0.5, 0.6) is 0 Å². The summed E-state index contributed by atoms with van der Waals surface area (Å²) in [6.45, 7) is 12.7. The number of piperidine rings is 1. The van der Waals surface area contributed by atoms with Crippen LogP contribution >= 0.6 is 11.3 Å². The largest absolute Gasteiger partial charge is 0.381 e. The molecule has 0 spiro atoms. The maximum Gasteiger partial charge on any atom is 0.191 e. The van der Waals surface area contributed by atoms with Gasteiger partial charge in [-0.25, -0.2) is 4.98 Å². The number of nitrogens with zero attached hydrogens (tertiary/aromatic N) is 3. The van der Waals surface area contributed by atoms with Crippen molar-refractivity contribution in [2.24, 2.45) is 10.9 Å². The molecule has 0 amide bonds. The number of hydrogen-bond acceptors (Lipinski definition) is 5. The van der Waals surface area contributed by atoms with Gasteiger partial charge in [0.05, 0.1) is 18.8 Å². The van der Waals surface area contributed by atoms with Crippen LogP contribution in [0.25, 0.3) is 0 Å². The summed E-state index contributed by atoms with van der Waals surface area (Å²) in [5.41, 5.74) is 1.26. The molecule has 6 nitrogen and oxygen atoms in total. The summed E-state index contributed by atoms with van der Waals surface area (Å²) < 4.78 is 5.50. The van der Waals surface area contributed by atoms with Gasteiger partial charge in [0.2, 0.25) is 0 Å². The molecule has 0 aliphatic carbocycles. The summed E-state index contributed by atoms with van der Waals surface area (Å²) >= 11 is 1.72. The highest BCUT2D eigenvalue weighted by molar-refractivity contribution is 7.09. The molecule has 0 bridgehead atoms. The lowest BCUT2D eigenvalue weighted by Crippen LogP contribution is -2.49. The van der Waals surface area contributed by atoms with Crippen LogP contribution < -0.4 is 10.6 Å². The summed E-state index contributed by atoms with van der Waals surface area (Å²) in [5, 5.41) is 10.3. The Morgan fingerprint density at radius 2 is 2.11 bits per heavy atom. The first kappa shape index (κ1) is 20.6. The molecular weight excluding hydrogens is 358 g/mol. The highest BCUT2D eigenvalue weighted by Crippen LogP contribution is 2.23. The molecule has 0 radical (unpaired) electrons. The number of ether oxygens (including phenoxy) is 1. The standard InChI is InChI=1S/C20H35N5OS/c1-20(2,3)17-14-27-18(24-17)11-22-19(21-4)23-16-5-8-25(9-6-16)12-15-7-10-26-13-15/h14-16H,5-13H2,1-4H3,(H2,21,22,23). The second-order valence-corrected chi connectivity index (χ2v) is 9.69. The molecule has 1 aromatic heterocycles. The first-order chi connectivity index (χ1) is 12.9. The number of nitrogens with one attached hydrogen (secondary N) is 2. The third-order valence-electron chi connectivity index (χ3n) is 5.42. The molecule has 7 heteroatoms. The van der Waals surface area contributed by atoms with Crippen molar-refractivity contribution in [1.29, 1.82) is 0 Å². The fourth-order valence-electron chi connectivity index (χ4n) is 3.64. The molecule has 0 saturated carbocycles. The minimum Gasteiger partial charge on any atom is -0.381 e. The average molecular weight is 394 g/mol. The van der Waals surface area contributed by atoms with Crippen molar-refractivity contribution in [3.05, 3.63) is 16.1 Å². The Kier molecular flexibility index (Phi) is 7.11. The predicted molar refractivity (Wildman–Crippen MR) is 113 cm³/mol. The SMILES string of the molecule is CN=C(NCc1nc(C(C)(C)C)cs1)NC1CCN(CC2CCOC2)CC1. The van der Waals surface area contributed by atoms with Crippen LogP contribution in [0.3, 0.4) is 0 Å². The Labute approximate surface area is 167 Å². The normalized spacial score (nSPS) is 23.0. The zero-order valence-electron chi connectivity index (χ0n) is 17.3. The van der Waals surface area contributed by atoms with Crippen molar-refractivity contribution in [3.63, 3.8) is 0 Å². The second-order valence-electron chi connectivity index (χ2n) is 8.75. The minimum atomic E-state index is 0.104. The van der Waals surface area contributed by atoms with Crippen LogP contribution in [-0.4, -0.2) is 61.8 Å². The number of guanidine groups is 1. The van der Waals surface area contributed by atoms with Gasteiger partial charge in [0, 0.05) is 50.1 Å². The van der Waals surface area contributed by atoms with Crippen molar-refractivity contribution in [1.82, 2.24) is 20.5 Å². The van der Waals surface area contributed by atoms with E-state index in [2.05, 4.69) is 46.7 Å². The highest BCUT2D eigenvalue weighted by Gasteiger charge is 2.24. The van der Waals surface area contributed by atoms with E-state index in [9.17, 15) is 0 Å². The van der Waals surface area contributed by atoms with E-state index < -0.39 is 0 Å². The topological polar surface area (TPSA) is 61.8 Å². The Balaban J connectivity index is 1.39. The lowest BCUT2D eigenvalue weighted by molar-refractivity contribution is 0.150. The summed E-state index contributed by atoms with van der Waals surface area (Å²) in [4.78, 5) is 11.7. The van der Waals surface area contributed by atoms with Crippen molar-refractivity contribution < 1.29 is 4.74 Å². The van der Waals surface area contributed by atoms with Crippen molar-refractivity contribution in [2.75, 3.05) is 39.9 Å². The van der Waals surface area contributed by atoms with Crippen LogP contribution in [-0.2, 0) is 16.7 Å². The fraction of sp³-hybridized carbons (Fsp3) is 0.800. The molecule has 2 saturated heterocycles. The fourth-order valence-corrected chi connectivity index (χ4v) is 4.60. The van der Waals surface area contributed by atoms with E-state index >= 15 is 0 Å². The molecule has 152 valence electrons. The monoisotopic (exact) mass is 393 g/mol. The van der Waals surface area contributed by atoms with Crippen molar-refractivity contribution >= 4 is 17.3 Å². The minimum absolute atomic E-state index is 0.104. The Morgan fingerprint density at radius 1 is 1.33 bits per heavy atom. The van der Waals surface area contributed by atoms with Gasteiger partial charge in [-0.15, -0.1) is 11.3 Å². The van der Waals surface area contributed by atoms with Gasteiger partial charge in [0.1, 0.15) is 5.01 Å². The molecule has 1 unspecified atom stereocenters. The zero-order chi connectivity index (χ0) is 19.3. The van der Waals surface area contributed by atoms with Gasteiger partial charge >= 0.3 is 0 Å². The molecule has 2 aliphatic heterocycles. The first-order valence-electron chi connectivity index (χ1n) is 10.2. The molecular formula is C20H35N5OS. The lowest BCUT2D eigenvalue weighted by atomic mass is 9.93. The molecule has 1 aromatic rings. The molecule has 2 fully saturated rings. The number of thiazole rings is 1. The number of aromatic nitrogens is 1. The van der Waals surface area contributed by atoms with E-state index in [1.54, 1.807) is 11.3 Å². The third-order valence-corrected chi connectivity index (χ3v) is 6.27. The molecule has 3 rings (SSSR count). The van der Waals surface area contributed by atoms with E-state index in [1.807, 2.05) is 7.05 Å². The molecule has 2 N–H and O–H groups in total. The number of likely N-dealkylation sites (tertiary alicyclic amines) is 1. The van der Waals surface area contributed by atoms with Crippen LogP contribution in [0, 0.1) is 5.92 Å². The van der Waals surface area contributed by atoms with Crippen LogP contribution in [0.4, 0.5) is 0 Å². The van der Waals surface area contributed by atoms with E-state index in [0.717, 1.165) is 55.4 Å². The highest BCUT2D eigenvalue weighted by atomic mass is 32.1. The average Bonchev–Trinajstić information content (AvgIpc) is 3.31. The van der Waals surface area contributed by atoms with Crippen molar-refractivity contribution in [3.8, 4) is 0 Å². The third kappa shape index (κ3) is 6.16. The lowest BCUT2D eigenvalue weighted by Gasteiger charge is -2.34. The molecule has 2 aliphatic rings. The predicted octanol–water partition coefficient (Wildman–Crippen LogP) is 2.61. The quantitative estimate of drug-likeness (QED) is 0.595. The zero-order valence-corrected chi connectivity index (χ0v) is 18.1.